The van der Waals surface area contributed by atoms with Crippen molar-refractivity contribution in [2.75, 3.05) is 18.5 Å². The minimum atomic E-state index is -2.51. The Labute approximate surface area is 112 Å². The van der Waals surface area contributed by atoms with Gasteiger partial charge in [0.25, 0.3) is 6.43 Å². The lowest BCUT2D eigenvalue weighted by Gasteiger charge is -2.06. The quantitative estimate of drug-likeness (QED) is 0.819. The van der Waals surface area contributed by atoms with Crippen molar-refractivity contribution in [1.82, 2.24) is 4.98 Å². The summed E-state index contributed by atoms with van der Waals surface area (Å²) in [4.78, 5) is 15.4. The van der Waals surface area contributed by atoms with Gasteiger partial charge in [-0.1, -0.05) is 0 Å². The molecule has 0 saturated heterocycles. The van der Waals surface area contributed by atoms with Crippen LogP contribution in [0, 0.1) is 6.92 Å². The maximum Gasteiger partial charge on any atom is 0.261 e. The number of aryl methyl sites for hydroxylation is 1. The molecule has 18 heavy (non-hydrogen) atoms. The van der Waals surface area contributed by atoms with Gasteiger partial charge in [-0.3, -0.25) is 4.79 Å². The van der Waals surface area contributed by atoms with Gasteiger partial charge in [-0.15, -0.1) is 0 Å². The van der Waals surface area contributed by atoms with Crippen LogP contribution in [0.2, 0.25) is 0 Å². The highest BCUT2D eigenvalue weighted by atomic mass is 79.9. The summed E-state index contributed by atoms with van der Waals surface area (Å²) in [6, 6.07) is 1.71. The molecule has 0 spiro atoms. The van der Waals surface area contributed by atoms with E-state index >= 15 is 0 Å². The Bertz CT molecular complexity index is 416. The molecule has 0 aromatic carbocycles. The minimum absolute atomic E-state index is 0.0174. The summed E-state index contributed by atoms with van der Waals surface area (Å²) in [5.74, 6) is 0.105. The van der Waals surface area contributed by atoms with E-state index in [4.69, 9.17) is 0 Å². The van der Waals surface area contributed by atoms with E-state index in [1.807, 2.05) is 6.92 Å². The fraction of sp³-hybridized carbons (Fsp3) is 0.455. The second-order valence-corrected chi connectivity index (χ2v) is 4.44. The monoisotopic (exact) mass is 322 g/mol. The van der Waals surface area contributed by atoms with Gasteiger partial charge >= 0.3 is 0 Å². The fourth-order valence-electron chi connectivity index (χ4n) is 1.15. The topological polar surface area (TPSA) is 51.2 Å². The smallest absolute Gasteiger partial charge is 0.261 e. The first kappa shape index (κ1) is 15.0. The number of halogens is 3. The number of amides is 1. The number of carbonyl (C=O) groups is 1. The van der Waals surface area contributed by atoms with Crippen molar-refractivity contribution in [3.05, 3.63) is 22.3 Å². The van der Waals surface area contributed by atoms with Gasteiger partial charge in [0.05, 0.1) is 13.0 Å². The molecule has 4 nitrogen and oxygen atoms in total. The third-order valence-corrected chi connectivity index (χ3v) is 2.86. The highest BCUT2D eigenvalue weighted by Gasteiger charge is 2.06. The van der Waals surface area contributed by atoms with E-state index in [9.17, 15) is 13.6 Å². The molecule has 0 atom stereocenters. The van der Waals surface area contributed by atoms with Gasteiger partial charge in [0.2, 0.25) is 5.91 Å². The van der Waals surface area contributed by atoms with Crippen molar-refractivity contribution < 1.29 is 18.3 Å². The number of ether oxygens (including phenoxy) is 1. The molecule has 0 unspecified atom stereocenters. The first-order chi connectivity index (χ1) is 8.49. The van der Waals surface area contributed by atoms with Crippen molar-refractivity contribution in [3.63, 3.8) is 0 Å². The number of rotatable bonds is 6. The number of carbonyl (C=O) groups excluding carboxylic acids is 1. The highest BCUT2D eigenvalue weighted by Crippen LogP contribution is 2.17. The van der Waals surface area contributed by atoms with E-state index in [1.54, 1.807) is 12.3 Å². The zero-order valence-corrected chi connectivity index (χ0v) is 11.3. The summed E-state index contributed by atoms with van der Waals surface area (Å²) >= 11 is 3.29. The molecule has 1 rings (SSSR count). The number of pyridine rings is 1. The van der Waals surface area contributed by atoms with E-state index in [-0.39, 0.29) is 18.9 Å². The molecule has 0 fully saturated rings. The van der Waals surface area contributed by atoms with Gasteiger partial charge in [0, 0.05) is 10.7 Å². The molecule has 100 valence electrons. The van der Waals surface area contributed by atoms with Crippen LogP contribution in [0.4, 0.5) is 14.6 Å². The highest BCUT2D eigenvalue weighted by molar-refractivity contribution is 9.10. The number of alkyl halides is 2. The summed E-state index contributed by atoms with van der Waals surface area (Å²) < 4.78 is 29.0. The van der Waals surface area contributed by atoms with Crippen molar-refractivity contribution in [2.24, 2.45) is 0 Å². The molecule has 0 aliphatic rings. The molecular weight excluding hydrogens is 310 g/mol. The van der Waals surface area contributed by atoms with E-state index < -0.39 is 13.0 Å². The van der Waals surface area contributed by atoms with Crippen molar-refractivity contribution in [3.8, 4) is 0 Å². The Morgan fingerprint density at radius 2 is 2.33 bits per heavy atom. The molecule has 1 amide bonds. The summed E-state index contributed by atoms with van der Waals surface area (Å²) in [7, 11) is 0. The predicted molar refractivity (Wildman–Crippen MR) is 66.7 cm³/mol. The zero-order chi connectivity index (χ0) is 13.5. The van der Waals surface area contributed by atoms with Crippen LogP contribution >= 0.6 is 15.9 Å². The Morgan fingerprint density at radius 3 is 2.94 bits per heavy atom. The Balaban J connectivity index is 2.33. The van der Waals surface area contributed by atoms with E-state index in [1.165, 1.54) is 0 Å². The Morgan fingerprint density at radius 1 is 1.61 bits per heavy atom. The van der Waals surface area contributed by atoms with Crippen LogP contribution in [0.5, 0.6) is 0 Å². The molecule has 1 aromatic rings. The van der Waals surface area contributed by atoms with Crippen LogP contribution in [0.25, 0.3) is 0 Å². The van der Waals surface area contributed by atoms with E-state index in [0.717, 1.165) is 10.0 Å². The third kappa shape index (κ3) is 5.50. The standard InChI is InChI=1S/C11H13BrF2N2O2/c1-7-4-10(15-5-8(7)12)16-11(17)2-3-18-6-9(13)14/h4-5,9H,2-3,6H2,1H3,(H,15,16,17). The molecule has 1 N–H and O–H groups in total. The lowest BCUT2D eigenvalue weighted by Crippen LogP contribution is -2.16. The number of anilines is 1. The summed E-state index contributed by atoms with van der Waals surface area (Å²) in [6.07, 6.45) is -0.911. The normalized spacial score (nSPS) is 10.7. The molecule has 0 radical (unpaired) electrons. The number of hydrogen-bond acceptors (Lipinski definition) is 3. The van der Waals surface area contributed by atoms with E-state index in [0.29, 0.717) is 5.82 Å². The van der Waals surface area contributed by atoms with Gasteiger partial charge in [-0.2, -0.15) is 0 Å². The molecule has 7 heteroatoms. The average molecular weight is 323 g/mol. The first-order valence-electron chi connectivity index (χ1n) is 5.27. The van der Waals surface area contributed by atoms with Crippen molar-refractivity contribution in [1.29, 1.82) is 0 Å². The summed E-state index contributed by atoms with van der Waals surface area (Å²) in [6.45, 7) is 1.18. The summed E-state index contributed by atoms with van der Waals surface area (Å²) in [5.41, 5.74) is 0.939. The average Bonchev–Trinajstić information content (AvgIpc) is 2.29. The molecule has 0 saturated carbocycles. The van der Waals surface area contributed by atoms with Gasteiger partial charge in [0.15, 0.2) is 0 Å². The number of nitrogens with one attached hydrogen (secondary N) is 1. The predicted octanol–water partition coefficient (Wildman–Crippen LogP) is 2.76. The SMILES string of the molecule is Cc1cc(NC(=O)CCOCC(F)F)ncc1Br. The Hall–Kier alpha value is -1.08. The van der Waals surface area contributed by atoms with Crippen LogP contribution in [-0.4, -0.2) is 30.5 Å². The molecule has 0 aliphatic heterocycles. The number of aromatic nitrogens is 1. The molecular formula is C11H13BrF2N2O2. The number of nitrogens with zero attached hydrogens (tertiary/aromatic N) is 1. The van der Waals surface area contributed by atoms with Gasteiger partial charge < -0.3 is 10.1 Å². The van der Waals surface area contributed by atoms with Crippen molar-refractivity contribution >= 4 is 27.7 Å². The third-order valence-electron chi connectivity index (χ3n) is 2.03. The van der Waals surface area contributed by atoms with Crippen molar-refractivity contribution in [2.45, 2.75) is 19.8 Å². The Kier molecular flexibility index (Phi) is 6.14. The second-order valence-electron chi connectivity index (χ2n) is 3.58. The van der Waals surface area contributed by atoms with Crippen LogP contribution < -0.4 is 5.32 Å². The second kappa shape index (κ2) is 7.38. The first-order valence-corrected chi connectivity index (χ1v) is 6.06. The largest absolute Gasteiger partial charge is 0.375 e. The van der Waals surface area contributed by atoms with Crippen LogP contribution in [0.15, 0.2) is 16.7 Å². The van der Waals surface area contributed by atoms with Crippen LogP contribution in [-0.2, 0) is 9.53 Å². The number of hydrogen-bond donors (Lipinski definition) is 1. The summed E-state index contributed by atoms with van der Waals surface area (Å²) in [5, 5.41) is 2.56. The van der Waals surface area contributed by atoms with E-state index in [2.05, 4.69) is 31.0 Å². The van der Waals surface area contributed by atoms with Gasteiger partial charge in [-0.25, -0.2) is 13.8 Å². The van der Waals surface area contributed by atoms with Gasteiger partial charge in [0.1, 0.15) is 12.4 Å². The lowest BCUT2D eigenvalue weighted by atomic mass is 10.3. The van der Waals surface area contributed by atoms with Crippen LogP contribution in [0.1, 0.15) is 12.0 Å². The fourth-order valence-corrected chi connectivity index (χ4v) is 1.37. The molecule has 0 aliphatic carbocycles. The van der Waals surface area contributed by atoms with Gasteiger partial charge in [-0.05, 0) is 34.5 Å². The molecule has 1 heterocycles. The molecule has 1 aromatic heterocycles. The minimum Gasteiger partial charge on any atom is -0.375 e. The maximum absolute atomic E-state index is 11.7. The zero-order valence-electron chi connectivity index (χ0n) is 9.75. The van der Waals surface area contributed by atoms with Crippen LogP contribution in [0.3, 0.4) is 0 Å². The lowest BCUT2D eigenvalue weighted by molar-refractivity contribution is -0.117. The maximum atomic E-state index is 11.7. The molecule has 0 bridgehead atoms.